The van der Waals surface area contributed by atoms with Crippen molar-refractivity contribution < 1.29 is 19.2 Å². The Kier molecular flexibility index (Phi) is 4.11. The molecular formula is C22H25N5O4. The molecule has 9 nitrogen and oxygen atoms in total. The number of aromatic nitrogens is 4. The normalized spacial score (nSPS) is 31.3. The lowest BCUT2D eigenvalue weighted by atomic mass is 9.52. The monoisotopic (exact) mass is 423 g/mol. The molecule has 31 heavy (non-hydrogen) atoms. The third-order valence-corrected chi connectivity index (χ3v) is 7.26. The maximum Gasteiger partial charge on any atom is 0.397 e. The van der Waals surface area contributed by atoms with Crippen molar-refractivity contribution in [1.82, 2.24) is 20.1 Å². The summed E-state index contributed by atoms with van der Waals surface area (Å²) in [6.45, 7) is 1.96. The molecule has 3 N–H and O–H groups in total. The van der Waals surface area contributed by atoms with Gasteiger partial charge in [-0.15, -0.1) is 0 Å². The number of esters is 1. The smallest absolute Gasteiger partial charge is 0.397 e. The molecule has 2 unspecified atom stereocenters. The van der Waals surface area contributed by atoms with Gasteiger partial charge in [-0.3, -0.25) is 0 Å². The number of aromatic amines is 1. The second-order valence-electron chi connectivity index (χ2n) is 9.29. The van der Waals surface area contributed by atoms with Gasteiger partial charge in [-0.25, -0.2) is 9.78 Å². The van der Waals surface area contributed by atoms with Crippen molar-refractivity contribution >= 4 is 22.7 Å². The number of pyridine rings is 1. The maximum absolute atomic E-state index is 12.0. The van der Waals surface area contributed by atoms with E-state index in [1.54, 1.807) is 13.1 Å². The predicted octanol–water partition coefficient (Wildman–Crippen LogP) is 3.14. The summed E-state index contributed by atoms with van der Waals surface area (Å²) >= 11 is 0. The van der Waals surface area contributed by atoms with Gasteiger partial charge < -0.3 is 24.7 Å². The topological polar surface area (TPSA) is 126 Å². The van der Waals surface area contributed by atoms with E-state index in [9.17, 15) is 9.90 Å². The van der Waals surface area contributed by atoms with Crippen LogP contribution in [0.3, 0.4) is 0 Å². The summed E-state index contributed by atoms with van der Waals surface area (Å²) in [5, 5.41) is 19.7. The molecule has 0 amide bonds. The van der Waals surface area contributed by atoms with E-state index in [0.717, 1.165) is 48.8 Å². The summed E-state index contributed by atoms with van der Waals surface area (Å²) in [5.41, 5.74) is 1.84. The third kappa shape index (κ3) is 3.02. The van der Waals surface area contributed by atoms with Crippen molar-refractivity contribution in [2.75, 3.05) is 11.9 Å². The van der Waals surface area contributed by atoms with Crippen LogP contribution in [0.2, 0.25) is 0 Å². The standard InChI is InChI=1S/C22H25N5O4/c1-2-30-21(28)20-26-19(27-31-20)15-10-24-18-14(3-4-23-18)17(15)25-16-12-5-11-6-13(16)9-22(29,7-11)8-12/h3-4,10-13,16,29H,2,5-9H2,1H3,(H2,23,24,25). The molecule has 7 rings (SSSR count). The Morgan fingerprint density at radius 2 is 2.16 bits per heavy atom. The highest BCUT2D eigenvalue weighted by molar-refractivity contribution is 5.97. The number of ether oxygens (including phenoxy) is 1. The summed E-state index contributed by atoms with van der Waals surface area (Å²) in [5.74, 6) is 0.991. The highest BCUT2D eigenvalue weighted by Crippen LogP contribution is 2.56. The molecule has 2 atom stereocenters. The summed E-state index contributed by atoms with van der Waals surface area (Å²) in [4.78, 5) is 23.9. The Morgan fingerprint density at radius 3 is 2.90 bits per heavy atom. The molecule has 4 bridgehead atoms. The van der Waals surface area contributed by atoms with Gasteiger partial charge in [-0.05, 0) is 62.8 Å². The van der Waals surface area contributed by atoms with E-state index in [1.807, 2.05) is 12.3 Å². The molecule has 4 fully saturated rings. The molecule has 0 radical (unpaired) electrons. The lowest BCUT2D eigenvalue weighted by Gasteiger charge is -2.58. The van der Waals surface area contributed by atoms with Crippen molar-refractivity contribution in [2.24, 2.45) is 17.8 Å². The number of hydrogen-bond acceptors (Lipinski definition) is 8. The molecule has 4 saturated carbocycles. The first kappa shape index (κ1) is 18.8. The fraction of sp³-hybridized carbons (Fsp3) is 0.545. The van der Waals surface area contributed by atoms with Gasteiger partial charge in [0, 0.05) is 23.8 Å². The number of H-pyrrole nitrogens is 1. The lowest BCUT2D eigenvalue weighted by Crippen LogP contribution is -2.59. The molecule has 3 aromatic rings. The molecule has 4 aliphatic rings. The largest absolute Gasteiger partial charge is 0.459 e. The fourth-order valence-electron chi connectivity index (χ4n) is 6.33. The Bertz CT molecular complexity index is 1140. The van der Waals surface area contributed by atoms with E-state index in [2.05, 4.69) is 25.4 Å². The number of anilines is 1. The maximum atomic E-state index is 12.0. The van der Waals surface area contributed by atoms with Crippen molar-refractivity contribution in [3.8, 4) is 11.4 Å². The van der Waals surface area contributed by atoms with Gasteiger partial charge in [0.2, 0.25) is 5.82 Å². The van der Waals surface area contributed by atoms with Gasteiger partial charge in [0.05, 0.1) is 23.5 Å². The SMILES string of the molecule is CCOC(=O)c1nc(-c2cnc3[nH]ccc3c2NC2C3CC4CC2CC(O)(C4)C3)no1. The van der Waals surface area contributed by atoms with Gasteiger partial charge in [0.25, 0.3) is 0 Å². The number of hydrogen-bond donors (Lipinski definition) is 3. The molecule has 0 saturated heterocycles. The number of fused-ring (bicyclic) bond motifs is 1. The minimum absolute atomic E-state index is 0.172. The van der Waals surface area contributed by atoms with Gasteiger partial charge in [0.15, 0.2) is 0 Å². The van der Waals surface area contributed by atoms with E-state index in [-0.39, 0.29) is 18.5 Å². The van der Waals surface area contributed by atoms with E-state index >= 15 is 0 Å². The zero-order chi connectivity index (χ0) is 21.2. The van der Waals surface area contributed by atoms with Crippen LogP contribution < -0.4 is 5.32 Å². The summed E-state index contributed by atoms with van der Waals surface area (Å²) in [6, 6.07) is 2.25. The molecular weight excluding hydrogens is 398 g/mol. The molecule has 3 aromatic heterocycles. The van der Waals surface area contributed by atoms with Gasteiger partial charge >= 0.3 is 11.9 Å². The first-order valence-corrected chi connectivity index (χ1v) is 11.0. The van der Waals surface area contributed by atoms with Crippen LogP contribution in [0.25, 0.3) is 22.4 Å². The lowest BCUT2D eigenvalue weighted by molar-refractivity contribution is -0.129. The number of nitrogens with one attached hydrogen (secondary N) is 2. The number of rotatable bonds is 5. The third-order valence-electron chi connectivity index (χ3n) is 7.26. The zero-order valence-corrected chi connectivity index (χ0v) is 17.3. The highest BCUT2D eigenvalue weighted by atomic mass is 16.6. The minimum Gasteiger partial charge on any atom is -0.459 e. The molecule has 0 aliphatic heterocycles. The van der Waals surface area contributed by atoms with Gasteiger partial charge in [-0.1, -0.05) is 5.16 Å². The van der Waals surface area contributed by atoms with Crippen LogP contribution in [0.4, 0.5) is 5.69 Å². The Balaban J connectivity index is 1.38. The Morgan fingerprint density at radius 1 is 1.35 bits per heavy atom. The van der Waals surface area contributed by atoms with Crippen LogP contribution >= 0.6 is 0 Å². The van der Waals surface area contributed by atoms with Crippen LogP contribution in [-0.2, 0) is 4.74 Å². The number of carbonyl (C=O) groups excluding carboxylic acids is 1. The number of nitrogens with zero attached hydrogens (tertiary/aromatic N) is 3. The van der Waals surface area contributed by atoms with Crippen LogP contribution in [0.1, 0.15) is 49.7 Å². The van der Waals surface area contributed by atoms with Crippen molar-refractivity contribution in [3.63, 3.8) is 0 Å². The van der Waals surface area contributed by atoms with Crippen molar-refractivity contribution in [1.29, 1.82) is 0 Å². The van der Waals surface area contributed by atoms with Gasteiger partial charge in [-0.2, -0.15) is 4.98 Å². The van der Waals surface area contributed by atoms with E-state index in [4.69, 9.17) is 9.26 Å². The number of aliphatic hydroxyl groups is 1. The van der Waals surface area contributed by atoms with Crippen LogP contribution in [-0.4, -0.2) is 49.4 Å². The number of carbonyl (C=O) groups is 1. The Hall–Kier alpha value is -2.94. The first-order valence-electron chi connectivity index (χ1n) is 11.0. The van der Waals surface area contributed by atoms with E-state index in [0.29, 0.717) is 29.1 Å². The van der Waals surface area contributed by atoms with E-state index < -0.39 is 11.6 Å². The fourth-order valence-corrected chi connectivity index (χ4v) is 6.33. The minimum atomic E-state index is -0.638. The van der Waals surface area contributed by atoms with Crippen LogP contribution in [0.15, 0.2) is 23.0 Å². The first-order chi connectivity index (χ1) is 15.0. The molecule has 162 valence electrons. The quantitative estimate of drug-likeness (QED) is 0.534. The van der Waals surface area contributed by atoms with Crippen LogP contribution in [0.5, 0.6) is 0 Å². The second-order valence-corrected chi connectivity index (χ2v) is 9.29. The molecule has 9 heteroatoms. The second kappa shape index (κ2) is 6.78. The predicted molar refractivity (Wildman–Crippen MR) is 111 cm³/mol. The van der Waals surface area contributed by atoms with E-state index in [1.165, 1.54) is 0 Å². The zero-order valence-electron chi connectivity index (χ0n) is 17.3. The van der Waals surface area contributed by atoms with Crippen molar-refractivity contribution in [3.05, 3.63) is 24.4 Å². The summed E-state index contributed by atoms with van der Waals surface area (Å²) in [7, 11) is 0. The Labute approximate surface area is 178 Å². The molecule has 0 spiro atoms. The molecule has 4 aliphatic carbocycles. The molecule has 3 heterocycles. The van der Waals surface area contributed by atoms with Crippen LogP contribution in [0, 0.1) is 17.8 Å². The summed E-state index contributed by atoms with van der Waals surface area (Å²) < 4.78 is 10.1. The summed E-state index contributed by atoms with van der Waals surface area (Å²) in [6.07, 6.45) is 8.52. The van der Waals surface area contributed by atoms with Gasteiger partial charge in [0.1, 0.15) is 5.65 Å². The average molecular weight is 423 g/mol. The highest BCUT2D eigenvalue weighted by Gasteiger charge is 2.54. The van der Waals surface area contributed by atoms with Crippen molar-refractivity contribution in [2.45, 2.75) is 50.7 Å². The molecule has 0 aromatic carbocycles. The average Bonchev–Trinajstić information content (AvgIpc) is 3.39.